The minimum absolute atomic E-state index is 0. The van der Waals surface area contributed by atoms with E-state index in [-0.39, 0.29) is 1.43 Å². The maximum absolute atomic E-state index is 2.50. The van der Waals surface area contributed by atoms with Crippen LogP contribution in [-0.2, 0) is 0 Å². The first kappa shape index (κ1) is 43.1. The number of hydrogen-bond acceptors (Lipinski definition) is 0. The summed E-state index contributed by atoms with van der Waals surface area (Å²) in [4.78, 5) is 0. The van der Waals surface area contributed by atoms with Gasteiger partial charge in [0.05, 0.1) is 0 Å². The summed E-state index contributed by atoms with van der Waals surface area (Å²) in [5, 5.41) is 49.3. The minimum Gasteiger partial charge on any atom is -0.0616 e. The van der Waals surface area contributed by atoms with E-state index < -0.39 is 0 Å². The van der Waals surface area contributed by atoms with Crippen LogP contribution in [0.1, 0.15) is 23.7 Å². The Morgan fingerprint density at radius 2 is 0.362 bits per heavy atom. The van der Waals surface area contributed by atoms with Gasteiger partial charge in [0.25, 0.3) is 0 Å². The van der Waals surface area contributed by atoms with Gasteiger partial charge in [-0.15, -0.1) is 0 Å². The van der Waals surface area contributed by atoms with Gasteiger partial charge in [-0.25, -0.2) is 0 Å². The van der Waals surface area contributed by atoms with Gasteiger partial charge in [-0.3, -0.25) is 0 Å². The quantitative estimate of drug-likeness (QED) is 0.133. The number of rotatable bonds is 0. The highest BCUT2D eigenvalue weighted by atomic mass is 14.3. The van der Waals surface area contributed by atoms with Crippen LogP contribution in [0, 0.1) is 27.7 Å². The molecule has 20 aromatic carbocycles. The largest absolute Gasteiger partial charge is 0.0616 e. The first-order chi connectivity index (χ1) is 39.4. The van der Waals surface area contributed by atoms with Crippen molar-refractivity contribution in [2.75, 3.05) is 0 Å². The molecule has 0 radical (unpaired) electrons. The Balaban J connectivity index is 0.000000123. The molecule has 0 heteroatoms. The zero-order valence-corrected chi connectivity index (χ0v) is 44.8. The first-order valence-electron chi connectivity index (χ1n) is 28.4. The van der Waals surface area contributed by atoms with E-state index in [0.29, 0.717) is 0 Å². The Bertz CT molecular complexity index is 6130. The highest BCUT2D eigenvalue weighted by molar-refractivity contribution is 6.42. The molecule has 0 N–H and O–H groups in total. The zero-order valence-electron chi connectivity index (χ0n) is 44.8. The Labute approximate surface area is 461 Å². The van der Waals surface area contributed by atoms with Crippen LogP contribution < -0.4 is 0 Å². The molecule has 0 spiro atoms. The van der Waals surface area contributed by atoms with Gasteiger partial charge >= 0.3 is 0 Å². The van der Waals surface area contributed by atoms with Gasteiger partial charge in [0.2, 0.25) is 0 Å². The maximum atomic E-state index is 2.50. The monoisotopic (exact) mass is 1010 g/mol. The van der Waals surface area contributed by atoms with Gasteiger partial charge in [0, 0.05) is 1.43 Å². The van der Waals surface area contributed by atoms with E-state index >= 15 is 0 Å². The van der Waals surface area contributed by atoms with Crippen molar-refractivity contribution in [3.63, 3.8) is 0 Å². The van der Waals surface area contributed by atoms with Gasteiger partial charge < -0.3 is 0 Å². The molecule has 0 aliphatic rings. The van der Waals surface area contributed by atoms with E-state index in [9.17, 15) is 0 Å². The van der Waals surface area contributed by atoms with Crippen LogP contribution in [0.3, 0.4) is 0 Å². The van der Waals surface area contributed by atoms with Crippen LogP contribution in [-0.4, -0.2) is 0 Å². The average Bonchev–Trinajstić information content (AvgIpc) is 4.43. The van der Waals surface area contributed by atoms with Gasteiger partial charge in [-0.2, -0.15) is 0 Å². The molecule has 0 aromatic heterocycles. The second-order valence-electron chi connectivity index (χ2n) is 23.4. The summed E-state index contributed by atoms with van der Waals surface area (Å²) in [6.45, 7) is 9.37. The number of aryl methyl sites for hydroxylation is 4. The standard InChI is InChI=1S/2C40H24.H2/c1-21-32-20-34-33(29-15-7-13-27-25-11-5-3-9-23(25)17-35(34)39(27)29)19-31(32)22(2)38-36-18-24-10-4-6-12-26(24)28-14-8-16-30(37(21)38)40(28)36;1-21-31-19-33-29-15-7-13-27-25-11-5-3-9-23(25)17-35(39(27)29)34(33)20-32(31)22(2)38-36-18-24-10-4-6-12-26(24)28-14-8-16-30(37(21)38)40(28)36;/h2*3-20H,1-2H3;1H/i;;1+1. The highest BCUT2D eigenvalue weighted by Gasteiger charge is 2.24. The lowest BCUT2D eigenvalue weighted by atomic mass is 9.92. The lowest BCUT2D eigenvalue weighted by Crippen LogP contribution is -1.86. The molecular weight excluding hydrogens is 961 g/mol. The van der Waals surface area contributed by atoms with Crippen LogP contribution in [0.2, 0.25) is 0 Å². The summed E-state index contributed by atoms with van der Waals surface area (Å²) >= 11 is 0. The average molecular weight is 1010 g/mol. The van der Waals surface area contributed by atoms with Crippen molar-refractivity contribution >= 4 is 194 Å². The second kappa shape index (κ2) is 15.0. The summed E-state index contributed by atoms with van der Waals surface area (Å²) in [5.74, 6) is 0. The fourth-order valence-corrected chi connectivity index (χ4v) is 16.3. The zero-order chi connectivity index (χ0) is 52.5. The van der Waals surface area contributed by atoms with E-state index in [4.69, 9.17) is 0 Å². The fraction of sp³-hybridized carbons (Fsp3) is 0.0500. The summed E-state index contributed by atoms with van der Waals surface area (Å²) < 4.78 is 0. The fourth-order valence-electron chi connectivity index (χ4n) is 16.3. The molecule has 0 nitrogen and oxygen atoms in total. The number of hydrogen-bond donors (Lipinski definition) is 0. The molecule has 0 aliphatic carbocycles. The summed E-state index contributed by atoms with van der Waals surface area (Å²) in [7, 11) is 0. The van der Waals surface area contributed by atoms with Crippen LogP contribution in [0.5, 0.6) is 0 Å². The van der Waals surface area contributed by atoms with Crippen molar-refractivity contribution < 1.29 is 1.43 Å². The molecular formula is C80H50. The lowest BCUT2D eigenvalue weighted by molar-refractivity contribution is 1.56. The van der Waals surface area contributed by atoms with Gasteiger partial charge in [-0.05, 0) is 292 Å². The summed E-state index contributed by atoms with van der Waals surface area (Å²) in [6, 6.07) is 82.4. The Morgan fingerprint density at radius 3 is 0.675 bits per heavy atom. The number of fused-ring (bicyclic) bond motifs is 22. The minimum atomic E-state index is 0. The van der Waals surface area contributed by atoms with E-state index in [1.54, 1.807) is 0 Å². The molecule has 0 unspecified atom stereocenters. The molecule has 370 valence electrons. The third-order valence-corrected chi connectivity index (χ3v) is 19.7. The smallest absolute Gasteiger partial charge is 0 e. The lowest BCUT2D eigenvalue weighted by Gasteiger charge is -2.11. The van der Waals surface area contributed by atoms with Crippen LogP contribution in [0.4, 0.5) is 0 Å². The van der Waals surface area contributed by atoms with Crippen molar-refractivity contribution in [3.8, 4) is 0 Å². The summed E-state index contributed by atoms with van der Waals surface area (Å²) in [5.41, 5.74) is 5.55. The Morgan fingerprint density at radius 1 is 0.150 bits per heavy atom. The molecule has 0 amide bonds. The predicted molar refractivity (Wildman–Crippen MR) is 354 cm³/mol. The molecule has 0 aliphatic heterocycles. The molecule has 0 saturated carbocycles. The van der Waals surface area contributed by atoms with E-state index in [1.807, 2.05) is 0 Å². The highest BCUT2D eigenvalue weighted by Crippen LogP contribution is 2.52. The molecule has 20 aromatic rings. The first-order valence-corrected chi connectivity index (χ1v) is 28.4. The van der Waals surface area contributed by atoms with Gasteiger partial charge in [-0.1, -0.05) is 170 Å². The molecule has 80 heavy (non-hydrogen) atoms. The van der Waals surface area contributed by atoms with Gasteiger partial charge in [0.15, 0.2) is 0 Å². The third kappa shape index (κ3) is 5.24. The normalized spacial score (nSPS) is 12.8. The van der Waals surface area contributed by atoms with Crippen LogP contribution >= 0.6 is 0 Å². The Hall–Kier alpha value is -9.88. The van der Waals surface area contributed by atoms with E-state index in [1.165, 1.54) is 216 Å². The van der Waals surface area contributed by atoms with Crippen molar-refractivity contribution in [1.29, 1.82) is 0 Å². The van der Waals surface area contributed by atoms with Crippen molar-refractivity contribution in [2.45, 2.75) is 27.7 Å². The van der Waals surface area contributed by atoms with Crippen molar-refractivity contribution in [3.05, 3.63) is 241 Å². The van der Waals surface area contributed by atoms with Crippen LogP contribution in [0.15, 0.2) is 218 Å². The predicted octanol–water partition coefficient (Wildman–Crippen LogP) is 23.4. The van der Waals surface area contributed by atoms with Crippen molar-refractivity contribution in [1.82, 2.24) is 0 Å². The topological polar surface area (TPSA) is 0 Å². The second-order valence-corrected chi connectivity index (χ2v) is 23.4. The summed E-state index contributed by atoms with van der Waals surface area (Å²) in [6.07, 6.45) is 0. The Kier molecular flexibility index (Phi) is 8.10. The molecule has 0 heterocycles. The molecule has 0 saturated heterocycles. The molecule has 0 atom stereocenters. The van der Waals surface area contributed by atoms with E-state index in [2.05, 4.69) is 246 Å². The van der Waals surface area contributed by atoms with Crippen LogP contribution in [0.25, 0.3) is 194 Å². The molecule has 20 rings (SSSR count). The number of benzene rings is 16. The van der Waals surface area contributed by atoms with E-state index in [0.717, 1.165) is 0 Å². The SMILES string of the molecule is Cc1c2cc3c(cc2c(C)c2c4cc5ccccc5c5cccc(c12)c54)c1cc2ccccc2c2cccc3c21.Cc1c2cc3c(cc2c(C)c2c4cc5ccccc5c5cccc(c12)c54)c1cccc2c4ccccc4cc3c21.[2HH]. The maximum Gasteiger partial charge on any atom is 0 e. The third-order valence-electron chi connectivity index (χ3n) is 19.7. The molecule has 0 fully saturated rings. The van der Waals surface area contributed by atoms with Gasteiger partial charge in [0.1, 0.15) is 0 Å². The molecule has 0 bridgehead atoms. The van der Waals surface area contributed by atoms with Crippen molar-refractivity contribution in [2.24, 2.45) is 0 Å².